The number of amides is 2. The third kappa shape index (κ3) is 6.32. The first kappa shape index (κ1) is 25.0. The van der Waals surface area contributed by atoms with Gasteiger partial charge in [0.25, 0.3) is 5.91 Å². The summed E-state index contributed by atoms with van der Waals surface area (Å²) in [4.78, 5) is 43.8. The Kier molecular flexibility index (Phi) is 8.25. The summed E-state index contributed by atoms with van der Waals surface area (Å²) in [7, 11) is 0. The fourth-order valence-electron chi connectivity index (χ4n) is 4.27. The first-order chi connectivity index (χ1) is 16.9. The second-order valence-electron chi connectivity index (χ2n) is 8.60. The van der Waals surface area contributed by atoms with Gasteiger partial charge in [-0.1, -0.05) is 24.6 Å². The average molecular weight is 500 g/mol. The molecule has 2 aliphatic rings. The maximum Gasteiger partial charge on any atom is 0.265 e. The molecule has 0 radical (unpaired) electrons. The summed E-state index contributed by atoms with van der Waals surface area (Å²) in [5.41, 5.74) is 0.956. The van der Waals surface area contributed by atoms with E-state index in [1.54, 1.807) is 47.4 Å². The maximum atomic E-state index is 12.7. The lowest BCUT2D eigenvalue weighted by molar-refractivity contribution is -0.133. The van der Waals surface area contributed by atoms with Crippen LogP contribution in [-0.2, 0) is 9.59 Å². The van der Waals surface area contributed by atoms with Gasteiger partial charge in [0.05, 0.1) is 5.69 Å². The van der Waals surface area contributed by atoms with Crippen LogP contribution >= 0.6 is 11.6 Å². The van der Waals surface area contributed by atoms with Crippen LogP contribution in [-0.4, -0.2) is 79.9 Å². The number of ether oxygens (including phenoxy) is 2. The number of hydrogen-bond acceptors (Lipinski definition) is 6. The molecule has 0 aromatic heterocycles. The van der Waals surface area contributed by atoms with Crippen LogP contribution in [0.5, 0.6) is 11.5 Å². The third-order valence-corrected chi connectivity index (χ3v) is 6.57. The quantitative estimate of drug-likeness (QED) is 0.493. The molecule has 2 aromatic rings. The van der Waals surface area contributed by atoms with Gasteiger partial charge < -0.3 is 24.2 Å². The monoisotopic (exact) mass is 499 g/mol. The zero-order valence-electron chi connectivity index (χ0n) is 19.9. The van der Waals surface area contributed by atoms with Gasteiger partial charge in [0.2, 0.25) is 5.91 Å². The summed E-state index contributed by atoms with van der Waals surface area (Å²) < 4.78 is 11.1. The van der Waals surface area contributed by atoms with Crippen LogP contribution in [0.3, 0.4) is 0 Å². The number of hydrogen-bond donors (Lipinski definition) is 0. The standard InChI is InChI=1S/C26H30ClN3O5/c1-2-28-11-13-29(14-12-28)25(32)7-4-10-30-22-15-19(8-9-24(22)35-18-26(30)33)23(31)17-34-21-6-3-5-20(27)16-21/h3,5-6,8-9,15-16H,2,4,7,10-14,17-18H2,1H3. The summed E-state index contributed by atoms with van der Waals surface area (Å²) in [6, 6.07) is 11.9. The highest BCUT2D eigenvalue weighted by molar-refractivity contribution is 6.30. The summed E-state index contributed by atoms with van der Waals surface area (Å²) in [5.74, 6) is 0.737. The largest absolute Gasteiger partial charge is 0.485 e. The van der Waals surface area contributed by atoms with E-state index in [4.69, 9.17) is 21.1 Å². The third-order valence-electron chi connectivity index (χ3n) is 6.33. The van der Waals surface area contributed by atoms with Gasteiger partial charge in [-0.05, 0) is 49.4 Å². The predicted molar refractivity (Wildman–Crippen MR) is 133 cm³/mol. The summed E-state index contributed by atoms with van der Waals surface area (Å²) in [6.07, 6.45) is 0.909. The molecule has 35 heavy (non-hydrogen) atoms. The molecule has 8 nitrogen and oxygen atoms in total. The first-order valence-corrected chi connectivity index (χ1v) is 12.3. The number of nitrogens with zero attached hydrogens (tertiary/aromatic N) is 3. The molecule has 4 rings (SSSR count). The molecule has 186 valence electrons. The van der Waals surface area contributed by atoms with Gasteiger partial charge in [-0.3, -0.25) is 14.4 Å². The van der Waals surface area contributed by atoms with Crippen molar-refractivity contribution in [2.45, 2.75) is 19.8 Å². The number of ketones is 1. The van der Waals surface area contributed by atoms with Gasteiger partial charge in [0, 0.05) is 49.7 Å². The number of Topliss-reactive ketones (excluding diaryl/α,β-unsaturated/α-hetero) is 1. The molecule has 2 heterocycles. The van der Waals surface area contributed by atoms with Gasteiger partial charge in [0.15, 0.2) is 19.0 Å². The lowest BCUT2D eigenvalue weighted by Gasteiger charge is -2.34. The molecule has 0 unspecified atom stereocenters. The van der Waals surface area contributed by atoms with Crippen LogP contribution in [0, 0.1) is 0 Å². The summed E-state index contributed by atoms with van der Waals surface area (Å²) >= 11 is 5.96. The Morgan fingerprint density at radius 1 is 1.09 bits per heavy atom. The number of piperazine rings is 1. The molecule has 9 heteroatoms. The van der Waals surface area contributed by atoms with Gasteiger partial charge >= 0.3 is 0 Å². The zero-order valence-corrected chi connectivity index (χ0v) is 20.6. The van der Waals surface area contributed by atoms with Crippen LogP contribution < -0.4 is 14.4 Å². The number of carbonyl (C=O) groups excluding carboxylic acids is 3. The minimum absolute atomic E-state index is 0.0644. The van der Waals surface area contributed by atoms with Crippen molar-refractivity contribution in [3.05, 3.63) is 53.1 Å². The Hall–Kier alpha value is -3.10. The van der Waals surface area contributed by atoms with Crippen molar-refractivity contribution in [1.82, 2.24) is 9.80 Å². The molecule has 0 N–H and O–H groups in total. The maximum absolute atomic E-state index is 12.7. The van der Waals surface area contributed by atoms with Gasteiger partial charge in [-0.15, -0.1) is 0 Å². The topological polar surface area (TPSA) is 79.4 Å². The number of fused-ring (bicyclic) bond motifs is 1. The Morgan fingerprint density at radius 2 is 1.89 bits per heavy atom. The number of carbonyl (C=O) groups is 3. The van der Waals surface area contributed by atoms with Crippen LogP contribution in [0.1, 0.15) is 30.1 Å². The Morgan fingerprint density at radius 3 is 2.63 bits per heavy atom. The van der Waals surface area contributed by atoms with Crippen molar-refractivity contribution in [3.63, 3.8) is 0 Å². The Labute approximate surface area is 210 Å². The van der Waals surface area contributed by atoms with Crippen molar-refractivity contribution in [1.29, 1.82) is 0 Å². The van der Waals surface area contributed by atoms with E-state index >= 15 is 0 Å². The van der Waals surface area contributed by atoms with Crippen LogP contribution in [0.15, 0.2) is 42.5 Å². The number of halogens is 1. The molecule has 2 aliphatic heterocycles. The minimum Gasteiger partial charge on any atom is -0.485 e. The van der Waals surface area contributed by atoms with E-state index in [2.05, 4.69) is 11.8 Å². The second-order valence-corrected chi connectivity index (χ2v) is 9.04. The SMILES string of the molecule is CCN1CCN(C(=O)CCCN2C(=O)COc3ccc(C(=O)COc4cccc(Cl)c4)cc32)CC1. The molecule has 1 fully saturated rings. The number of benzene rings is 2. The highest BCUT2D eigenvalue weighted by Gasteiger charge is 2.27. The fourth-order valence-corrected chi connectivity index (χ4v) is 4.45. The van der Waals surface area contributed by atoms with Gasteiger partial charge in [-0.25, -0.2) is 0 Å². The van der Waals surface area contributed by atoms with Crippen LogP contribution in [0.2, 0.25) is 5.02 Å². The van der Waals surface area contributed by atoms with E-state index in [-0.39, 0.29) is 30.8 Å². The molecule has 0 atom stereocenters. The van der Waals surface area contributed by atoms with Crippen molar-refractivity contribution in [2.75, 3.05) is 57.4 Å². The first-order valence-electron chi connectivity index (χ1n) is 11.9. The molecular formula is C26H30ClN3O5. The van der Waals surface area contributed by atoms with E-state index in [1.165, 1.54) is 0 Å². The van der Waals surface area contributed by atoms with Gasteiger partial charge in [-0.2, -0.15) is 0 Å². The normalized spacial score (nSPS) is 16.0. The summed E-state index contributed by atoms with van der Waals surface area (Å²) in [6.45, 7) is 6.57. The van der Waals surface area contributed by atoms with Crippen molar-refractivity contribution >= 4 is 34.9 Å². The lowest BCUT2D eigenvalue weighted by Crippen LogP contribution is -2.48. The Balaban J connectivity index is 1.36. The van der Waals surface area contributed by atoms with Crippen molar-refractivity contribution in [2.24, 2.45) is 0 Å². The highest BCUT2D eigenvalue weighted by Crippen LogP contribution is 2.33. The smallest absolute Gasteiger partial charge is 0.265 e. The predicted octanol–water partition coefficient (Wildman–Crippen LogP) is 3.27. The van der Waals surface area contributed by atoms with Crippen LogP contribution in [0.25, 0.3) is 0 Å². The van der Waals surface area contributed by atoms with Crippen molar-refractivity contribution in [3.8, 4) is 11.5 Å². The minimum atomic E-state index is -0.229. The summed E-state index contributed by atoms with van der Waals surface area (Å²) in [5, 5.41) is 0.525. The highest BCUT2D eigenvalue weighted by atomic mass is 35.5. The average Bonchev–Trinajstić information content (AvgIpc) is 2.88. The molecule has 2 amide bonds. The van der Waals surface area contributed by atoms with E-state index in [0.29, 0.717) is 47.2 Å². The second kappa shape index (κ2) is 11.6. The van der Waals surface area contributed by atoms with Crippen molar-refractivity contribution < 1.29 is 23.9 Å². The number of anilines is 1. The Bertz CT molecular complexity index is 1080. The fraction of sp³-hybridized carbons (Fsp3) is 0.423. The molecule has 2 aromatic carbocycles. The van der Waals surface area contributed by atoms with Gasteiger partial charge in [0.1, 0.15) is 11.5 Å². The molecule has 1 saturated heterocycles. The van der Waals surface area contributed by atoms with E-state index in [9.17, 15) is 14.4 Å². The molecule has 0 spiro atoms. The number of likely N-dealkylation sites (N-methyl/N-ethyl adjacent to an activating group) is 1. The zero-order chi connectivity index (χ0) is 24.8. The molecule has 0 bridgehead atoms. The molecule has 0 saturated carbocycles. The van der Waals surface area contributed by atoms with E-state index in [0.717, 1.165) is 32.7 Å². The molecular weight excluding hydrogens is 470 g/mol. The van der Waals surface area contributed by atoms with Crippen LogP contribution in [0.4, 0.5) is 5.69 Å². The molecule has 0 aliphatic carbocycles. The number of rotatable bonds is 9. The lowest BCUT2D eigenvalue weighted by atomic mass is 10.1. The van der Waals surface area contributed by atoms with E-state index < -0.39 is 0 Å². The van der Waals surface area contributed by atoms with E-state index in [1.807, 2.05) is 4.90 Å².